The molecule has 2 aromatic rings. The van der Waals surface area contributed by atoms with Crippen LogP contribution >= 0.6 is 0 Å². The zero-order valence-corrected chi connectivity index (χ0v) is 18.4. The van der Waals surface area contributed by atoms with E-state index in [4.69, 9.17) is 4.74 Å². The largest absolute Gasteiger partial charge is 0.491 e. The Hall–Kier alpha value is -2.23. The second-order valence-electron chi connectivity index (χ2n) is 8.89. The summed E-state index contributed by atoms with van der Waals surface area (Å²) in [5.74, 6) is -0.218. The number of benzene rings is 2. The van der Waals surface area contributed by atoms with Gasteiger partial charge in [-0.3, -0.25) is 0 Å². The van der Waals surface area contributed by atoms with Gasteiger partial charge in [-0.05, 0) is 86.1 Å². The average Bonchev–Trinajstić information content (AvgIpc) is 3.34. The molecular weight excluding hydrogens is 397 g/mol. The molecule has 0 radical (unpaired) electrons. The van der Waals surface area contributed by atoms with Crippen molar-refractivity contribution in [2.24, 2.45) is 17.8 Å². The summed E-state index contributed by atoms with van der Waals surface area (Å²) < 4.78 is 48.6. The first-order chi connectivity index (χ1) is 15.0. The van der Waals surface area contributed by atoms with E-state index in [-0.39, 0.29) is 23.7 Å². The highest BCUT2D eigenvalue weighted by molar-refractivity contribution is 5.66. The summed E-state index contributed by atoms with van der Waals surface area (Å²) in [5.41, 5.74) is 2.49. The van der Waals surface area contributed by atoms with Crippen LogP contribution in [0.25, 0.3) is 11.1 Å². The van der Waals surface area contributed by atoms with E-state index in [9.17, 15) is 13.2 Å². The van der Waals surface area contributed by atoms with Gasteiger partial charge in [0.05, 0.1) is 6.61 Å². The molecule has 2 aliphatic carbocycles. The van der Waals surface area contributed by atoms with Crippen molar-refractivity contribution in [1.82, 2.24) is 0 Å². The molecule has 1 saturated carbocycles. The highest BCUT2D eigenvalue weighted by Crippen LogP contribution is 2.50. The van der Waals surface area contributed by atoms with Crippen molar-refractivity contribution in [3.63, 3.8) is 0 Å². The van der Waals surface area contributed by atoms with Gasteiger partial charge >= 0.3 is 0 Å². The molecule has 3 unspecified atom stereocenters. The van der Waals surface area contributed by atoms with Crippen molar-refractivity contribution in [3.8, 4) is 16.9 Å². The van der Waals surface area contributed by atoms with Crippen LogP contribution in [0.3, 0.4) is 0 Å². The average molecular weight is 429 g/mol. The van der Waals surface area contributed by atoms with Crippen LogP contribution in [0, 0.1) is 35.2 Å². The Kier molecular flexibility index (Phi) is 6.74. The minimum Gasteiger partial charge on any atom is -0.491 e. The van der Waals surface area contributed by atoms with Crippen molar-refractivity contribution in [2.75, 3.05) is 6.61 Å². The lowest BCUT2D eigenvalue weighted by Gasteiger charge is -2.19. The van der Waals surface area contributed by atoms with Gasteiger partial charge in [-0.1, -0.05) is 43.5 Å². The van der Waals surface area contributed by atoms with Gasteiger partial charge < -0.3 is 4.74 Å². The predicted molar refractivity (Wildman–Crippen MR) is 119 cm³/mol. The first-order valence-electron chi connectivity index (χ1n) is 11.6. The van der Waals surface area contributed by atoms with Crippen LogP contribution < -0.4 is 4.74 Å². The van der Waals surface area contributed by atoms with Crippen LogP contribution in [0.4, 0.5) is 13.2 Å². The zero-order valence-electron chi connectivity index (χ0n) is 18.4. The van der Waals surface area contributed by atoms with E-state index in [1.807, 2.05) is 0 Å². The molecule has 1 nitrogen and oxygen atoms in total. The van der Waals surface area contributed by atoms with Crippen molar-refractivity contribution in [1.29, 1.82) is 0 Å². The Bertz CT molecular complexity index is 965. The molecular formula is C27H31F3O. The Labute approximate surface area is 183 Å². The quantitative estimate of drug-likeness (QED) is 0.389. The van der Waals surface area contributed by atoms with E-state index >= 15 is 0 Å². The molecule has 4 rings (SSSR count). The maximum Gasteiger partial charge on any atom is 0.201 e. The summed E-state index contributed by atoms with van der Waals surface area (Å²) in [4.78, 5) is 0. The number of halogens is 3. The fourth-order valence-corrected chi connectivity index (χ4v) is 5.64. The smallest absolute Gasteiger partial charge is 0.201 e. The first-order valence-corrected chi connectivity index (χ1v) is 11.6. The maximum atomic E-state index is 14.8. The molecule has 1 fully saturated rings. The summed E-state index contributed by atoms with van der Waals surface area (Å²) in [6, 6.07) is 7.52. The molecule has 166 valence electrons. The van der Waals surface area contributed by atoms with E-state index in [1.54, 1.807) is 19.1 Å². The lowest BCUT2D eigenvalue weighted by atomic mass is 9.85. The van der Waals surface area contributed by atoms with Crippen LogP contribution in [0.2, 0.25) is 0 Å². The number of fused-ring (bicyclic) bond motifs is 1. The van der Waals surface area contributed by atoms with Gasteiger partial charge in [0.25, 0.3) is 0 Å². The first kappa shape index (κ1) is 22.0. The van der Waals surface area contributed by atoms with Gasteiger partial charge in [-0.15, -0.1) is 0 Å². The minimum absolute atomic E-state index is 0.0423. The maximum absolute atomic E-state index is 14.8. The lowest BCUT2D eigenvalue weighted by molar-refractivity contribution is 0.314. The van der Waals surface area contributed by atoms with Crippen molar-refractivity contribution in [2.45, 2.75) is 58.8 Å². The summed E-state index contributed by atoms with van der Waals surface area (Å²) >= 11 is 0. The molecule has 0 aliphatic heterocycles. The van der Waals surface area contributed by atoms with Gasteiger partial charge in [-0.2, -0.15) is 4.39 Å². The van der Waals surface area contributed by atoms with Crippen LogP contribution in [-0.4, -0.2) is 6.61 Å². The van der Waals surface area contributed by atoms with Gasteiger partial charge in [-0.25, -0.2) is 8.78 Å². The number of aryl methyl sites for hydroxylation is 1. The van der Waals surface area contributed by atoms with E-state index in [2.05, 4.69) is 13.0 Å². The fraction of sp³-hybridized carbons (Fsp3) is 0.481. The number of hydrogen-bond acceptors (Lipinski definition) is 1. The summed E-state index contributed by atoms with van der Waals surface area (Å²) in [6.07, 6.45) is 10.2. The van der Waals surface area contributed by atoms with Crippen LogP contribution in [0.15, 0.2) is 42.0 Å². The van der Waals surface area contributed by atoms with E-state index in [1.165, 1.54) is 55.9 Å². The zero-order chi connectivity index (χ0) is 22.0. The van der Waals surface area contributed by atoms with Gasteiger partial charge in [0.1, 0.15) is 5.82 Å². The van der Waals surface area contributed by atoms with Crippen molar-refractivity contribution in [3.05, 3.63) is 65.0 Å². The predicted octanol–water partition coefficient (Wildman–Crippen LogP) is 7.87. The summed E-state index contributed by atoms with van der Waals surface area (Å²) in [5, 5.41) is 0. The third-order valence-corrected chi connectivity index (χ3v) is 7.15. The number of hydrogen-bond donors (Lipinski definition) is 0. The Morgan fingerprint density at radius 3 is 2.55 bits per heavy atom. The van der Waals surface area contributed by atoms with E-state index in [0.29, 0.717) is 23.5 Å². The molecule has 3 atom stereocenters. The molecule has 0 saturated heterocycles. The van der Waals surface area contributed by atoms with Gasteiger partial charge in [0, 0.05) is 5.56 Å². The number of allylic oxidation sites excluding steroid dienone is 2. The molecule has 0 amide bonds. The molecule has 0 aromatic heterocycles. The minimum atomic E-state index is -1.04. The molecule has 2 aromatic carbocycles. The summed E-state index contributed by atoms with van der Waals surface area (Å²) in [6.45, 7) is 4.21. The molecule has 0 heterocycles. The molecule has 0 spiro atoms. The monoisotopic (exact) mass is 428 g/mol. The highest BCUT2D eigenvalue weighted by Gasteiger charge is 2.39. The number of ether oxygens (including phenoxy) is 1. The second kappa shape index (κ2) is 9.50. The topological polar surface area (TPSA) is 9.23 Å². The second-order valence-corrected chi connectivity index (χ2v) is 8.89. The molecule has 31 heavy (non-hydrogen) atoms. The molecule has 0 bridgehead atoms. The highest BCUT2D eigenvalue weighted by atomic mass is 19.2. The molecule has 4 heteroatoms. The lowest BCUT2D eigenvalue weighted by Crippen LogP contribution is -2.11. The third-order valence-electron chi connectivity index (χ3n) is 7.15. The Morgan fingerprint density at radius 1 is 0.968 bits per heavy atom. The molecule has 0 N–H and O–H groups in total. The van der Waals surface area contributed by atoms with E-state index < -0.39 is 11.6 Å². The van der Waals surface area contributed by atoms with Gasteiger partial charge in [0.15, 0.2) is 11.6 Å². The summed E-state index contributed by atoms with van der Waals surface area (Å²) in [7, 11) is 0. The SMILES string of the molecule is CCCC1CCC2C(CCc3ccc(-c4ccc(OCC)c(F)c4F)cc3F)=CCC12. The normalized spacial score (nSPS) is 22.5. The molecule has 2 aliphatic rings. The van der Waals surface area contributed by atoms with E-state index in [0.717, 1.165) is 18.3 Å². The Morgan fingerprint density at radius 2 is 1.81 bits per heavy atom. The van der Waals surface area contributed by atoms with Crippen LogP contribution in [0.5, 0.6) is 5.75 Å². The van der Waals surface area contributed by atoms with Crippen LogP contribution in [-0.2, 0) is 6.42 Å². The standard InChI is InChI=1S/C27H31F3O/c1-3-5-17-10-12-22-18(11-13-21(17)22)6-7-19-8-9-20(16-24(19)28)23-14-15-25(31-4-2)27(30)26(23)29/h8-9,11,14-17,21-22H,3-7,10,12-13H2,1-2H3. The number of rotatable bonds is 8. The Balaban J connectivity index is 1.44. The van der Waals surface area contributed by atoms with Crippen molar-refractivity contribution < 1.29 is 17.9 Å². The van der Waals surface area contributed by atoms with Gasteiger partial charge in [0.2, 0.25) is 5.82 Å². The fourth-order valence-electron chi connectivity index (χ4n) is 5.64. The third kappa shape index (κ3) is 4.40. The van der Waals surface area contributed by atoms with Crippen LogP contribution in [0.1, 0.15) is 57.9 Å². The van der Waals surface area contributed by atoms with Crippen molar-refractivity contribution >= 4 is 0 Å².